The van der Waals surface area contributed by atoms with Gasteiger partial charge in [-0.2, -0.15) is 0 Å². The van der Waals surface area contributed by atoms with Gasteiger partial charge >= 0.3 is 19.8 Å². The zero-order valence-corrected chi connectivity index (χ0v) is 30.2. The Hall–Kier alpha value is -0.950. The highest BCUT2D eigenvalue weighted by Crippen LogP contribution is 2.36. The van der Waals surface area contributed by atoms with Crippen LogP contribution >= 0.6 is 7.82 Å². The molecule has 0 aliphatic carbocycles. The smallest absolute Gasteiger partial charge is 0.462 e. The molecule has 0 unspecified atom stereocenters. The molecule has 0 saturated heterocycles. The summed E-state index contributed by atoms with van der Waals surface area (Å²) in [5, 5.41) is 0. The van der Waals surface area contributed by atoms with E-state index in [0.717, 1.165) is 38.5 Å². The third kappa shape index (κ3) is 35.7. The van der Waals surface area contributed by atoms with E-state index >= 15 is 0 Å². The van der Waals surface area contributed by atoms with Crippen LogP contribution < -0.4 is 0 Å². The van der Waals surface area contributed by atoms with Crippen LogP contribution in [-0.2, 0) is 28.2 Å². The minimum absolute atomic E-state index is 0.219. The molecular weight excluding hydrogens is 591 g/mol. The van der Waals surface area contributed by atoms with Gasteiger partial charge in [-0.3, -0.25) is 14.1 Å². The molecule has 0 radical (unpaired) electrons. The molecule has 0 aliphatic heterocycles. The summed E-state index contributed by atoms with van der Waals surface area (Å²) < 4.78 is 26.3. The lowest BCUT2D eigenvalue weighted by molar-refractivity contribution is -0.161. The Labute approximate surface area is 276 Å². The molecule has 45 heavy (non-hydrogen) atoms. The van der Waals surface area contributed by atoms with Crippen LogP contribution in [0.15, 0.2) is 0 Å². The van der Waals surface area contributed by atoms with E-state index in [4.69, 9.17) is 19.3 Å². The van der Waals surface area contributed by atoms with Crippen LogP contribution in [0.4, 0.5) is 0 Å². The molecule has 2 N–H and O–H groups in total. The van der Waals surface area contributed by atoms with Gasteiger partial charge in [-0.15, -0.1) is 0 Å². The van der Waals surface area contributed by atoms with Gasteiger partial charge in [0.25, 0.3) is 0 Å². The Kier molecular flexibility index (Phi) is 32.3. The molecule has 0 fully saturated rings. The first-order valence-electron chi connectivity index (χ1n) is 18.8. The van der Waals surface area contributed by atoms with E-state index in [9.17, 15) is 14.2 Å². The molecule has 9 heteroatoms. The lowest BCUT2D eigenvalue weighted by Crippen LogP contribution is -2.29. The summed E-state index contributed by atoms with van der Waals surface area (Å²) in [6.45, 7) is 3.69. The molecule has 0 spiro atoms. The second-order valence-corrected chi connectivity index (χ2v) is 14.2. The number of phosphoric acid groups is 1. The molecule has 0 amide bonds. The summed E-state index contributed by atoms with van der Waals surface area (Å²) in [5.74, 6) is -0.872. The van der Waals surface area contributed by atoms with Gasteiger partial charge in [-0.05, 0) is 12.8 Å². The molecule has 0 aliphatic rings. The highest BCUT2D eigenvalue weighted by atomic mass is 31.2. The largest absolute Gasteiger partial charge is 0.469 e. The molecule has 1 atom stereocenters. The normalized spacial score (nSPS) is 12.4. The van der Waals surface area contributed by atoms with Crippen molar-refractivity contribution in [3.63, 3.8) is 0 Å². The van der Waals surface area contributed by atoms with Gasteiger partial charge in [0.05, 0.1) is 6.61 Å². The number of rotatable bonds is 35. The number of hydrogen-bond donors (Lipinski definition) is 2. The molecule has 268 valence electrons. The van der Waals surface area contributed by atoms with Gasteiger partial charge < -0.3 is 19.3 Å². The van der Waals surface area contributed by atoms with E-state index in [1.54, 1.807) is 0 Å². The average molecular weight is 663 g/mol. The van der Waals surface area contributed by atoms with E-state index in [0.29, 0.717) is 6.42 Å². The quantitative estimate of drug-likeness (QED) is 0.0391. The van der Waals surface area contributed by atoms with Crippen LogP contribution in [0.1, 0.15) is 200 Å². The minimum Gasteiger partial charge on any atom is -0.462 e. The molecule has 0 saturated carbocycles. The van der Waals surface area contributed by atoms with E-state index < -0.39 is 32.5 Å². The fourth-order valence-corrected chi connectivity index (χ4v) is 5.91. The Bertz CT molecular complexity index is 711. The summed E-state index contributed by atoms with van der Waals surface area (Å²) in [6.07, 6.45) is 32.5. The third-order valence-electron chi connectivity index (χ3n) is 8.38. The maximum Gasteiger partial charge on any atom is 0.469 e. The van der Waals surface area contributed by atoms with Crippen LogP contribution in [0.5, 0.6) is 0 Å². The fraction of sp³-hybridized carbons (Fsp3) is 0.944. The Morgan fingerprint density at radius 2 is 0.800 bits per heavy atom. The Balaban J connectivity index is 3.91. The maximum atomic E-state index is 12.3. The fourth-order valence-electron chi connectivity index (χ4n) is 5.55. The number of unbranched alkanes of at least 4 members (excludes halogenated alkanes) is 25. The van der Waals surface area contributed by atoms with Crippen molar-refractivity contribution in [1.29, 1.82) is 0 Å². The lowest BCUT2D eigenvalue weighted by atomic mass is 10.0. The number of carbonyl (C=O) groups excluding carboxylic acids is 2. The highest BCUT2D eigenvalue weighted by Gasteiger charge is 2.22. The minimum atomic E-state index is -4.74. The van der Waals surface area contributed by atoms with Crippen molar-refractivity contribution >= 4 is 19.8 Å². The van der Waals surface area contributed by atoms with Crippen LogP contribution in [0, 0.1) is 0 Å². The molecular formula is C36H71O8P. The molecule has 0 rings (SSSR count). The van der Waals surface area contributed by atoms with Crippen molar-refractivity contribution in [3.8, 4) is 0 Å². The monoisotopic (exact) mass is 662 g/mol. The SMILES string of the molecule is CCCCCCCCCCCCCCCCCC(=O)OC[C@H](COP(=O)(O)O)OC(=O)CCCCCCCCCCCCCC. The number of carbonyl (C=O) groups is 2. The van der Waals surface area contributed by atoms with E-state index in [1.807, 2.05) is 0 Å². The topological polar surface area (TPSA) is 119 Å². The summed E-state index contributed by atoms with van der Waals surface area (Å²) in [5.41, 5.74) is 0. The Morgan fingerprint density at radius 3 is 1.13 bits per heavy atom. The first-order valence-corrected chi connectivity index (χ1v) is 20.4. The van der Waals surface area contributed by atoms with Gasteiger partial charge in [0.15, 0.2) is 6.10 Å². The molecule has 0 aromatic carbocycles. The zero-order valence-electron chi connectivity index (χ0n) is 29.3. The van der Waals surface area contributed by atoms with Crippen molar-refractivity contribution in [1.82, 2.24) is 0 Å². The number of phosphoric ester groups is 1. The summed E-state index contributed by atoms with van der Waals surface area (Å²) in [6, 6.07) is 0. The lowest BCUT2D eigenvalue weighted by Gasteiger charge is -2.18. The Morgan fingerprint density at radius 1 is 0.489 bits per heavy atom. The highest BCUT2D eigenvalue weighted by molar-refractivity contribution is 7.46. The van der Waals surface area contributed by atoms with Gasteiger partial charge in [0.2, 0.25) is 0 Å². The van der Waals surface area contributed by atoms with Gasteiger partial charge in [-0.25, -0.2) is 4.57 Å². The molecule has 0 aromatic heterocycles. The van der Waals surface area contributed by atoms with Gasteiger partial charge in [0, 0.05) is 12.8 Å². The first kappa shape index (κ1) is 44.0. The zero-order chi connectivity index (χ0) is 33.3. The number of ether oxygens (including phenoxy) is 2. The molecule has 0 aromatic rings. The predicted molar refractivity (Wildman–Crippen MR) is 184 cm³/mol. The van der Waals surface area contributed by atoms with Crippen molar-refractivity contribution in [3.05, 3.63) is 0 Å². The van der Waals surface area contributed by atoms with Crippen molar-refractivity contribution in [2.75, 3.05) is 13.2 Å². The van der Waals surface area contributed by atoms with Crippen LogP contribution in [-0.4, -0.2) is 41.0 Å². The van der Waals surface area contributed by atoms with Crippen molar-refractivity contribution in [2.24, 2.45) is 0 Å². The van der Waals surface area contributed by atoms with E-state index in [2.05, 4.69) is 18.4 Å². The second-order valence-electron chi connectivity index (χ2n) is 12.9. The second kappa shape index (κ2) is 33.0. The molecule has 8 nitrogen and oxygen atoms in total. The number of hydrogen-bond acceptors (Lipinski definition) is 6. The molecule has 0 heterocycles. The summed E-state index contributed by atoms with van der Waals surface area (Å²) in [4.78, 5) is 42.6. The van der Waals surface area contributed by atoms with Crippen molar-refractivity contribution in [2.45, 2.75) is 206 Å². The predicted octanol–water partition coefficient (Wildman–Crippen LogP) is 10.9. The van der Waals surface area contributed by atoms with Crippen LogP contribution in [0.3, 0.4) is 0 Å². The third-order valence-corrected chi connectivity index (χ3v) is 8.86. The van der Waals surface area contributed by atoms with E-state index in [-0.39, 0.29) is 19.4 Å². The van der Waals surface area contributed by atoms with Gasteiger partial charge in [0.1, 0.15) is 6.61 Å². The summed E-state index contributed by atoms with van der Waals surface area (Å²) >= 11 is 0. The van der Waals surface area contributed by atoms with Gasteiger partial charge in [-0.1, -0.05) is 174 Å². The van der Waals surface area contributed by atoms with E-state index in [1.165, 1.54) is 128 Å². The standard InChI is InChI=1S/C36H71O8P/c1-3-5-7-9-11-13-15-17-18-19-21-22-24-26-28-30-35(37)42-32-34(33-43-45(39,40)41)44-36(38)31-29-27-25-23-20-16-14-12-10-8-6-4-2/h34H,3-33H2,1-2H3,(H2,39,40,41)/t34-/m1/s1. The maximum absolute atomic E-state index is 12.3. The molecule has 0 bridgehead atoms. The van der Waals surface area contributed by atoms with Crippen LogP contribution in [0.25, 0.3) is 0 Å². The summed E-state index contributed by atoms with van der Waals surface area (Å²) in [7, 11) is -4.74. The van der Waals surface area contributed by atoms with Crippen LogP contribution in [0.2, 0.25) is 0 Å². The van der Waals surface area contributed by atoms with Crippen molar-refractivity contribution < 1.29 is 37.9 Å². The average Bonchev–Trinajstić information content (AvgIpc) is 3.00. The number of esters is 2. The first-order chi connectivity index (χ1) is 21.8.